The van der Waals surface area contributed by atoms with Crippen LogP contribution < -0.4 is 0 Å². The molecule has 0 radical (unpaired) electrons. The number of hydrogen-bond acceptors (Lipinski definition) is 3. The Morgan fingerprint density at radius 3 is 2.50 bits per heavy atom. The summed E-state index contributed by atoms with van der Waals surface area (Å²) in [5.74, 6) is 0.0915. The molecule has 0 saturated carbocycles. The van der Waals surface area contributed by atoms with Crippen molar-refractivity contribution >= 4 is 10.1 Å². The molecule has 2 rings (SSSR count). The van der Waals surface area contributed by atoms with Crippen LogP contribution in [0.4, 0.5) is 0 Å². The van der Waals surface area contributed by atoms with Gasteiger partial charge in [-0.3, -0.25) is 4.55 Å². The highest BCUT2D eigenvalue weighted by Gasteiger charge is 2.17. The average Bonchev–Trinajstić information content (AvgIpc) is 2.69. The molecule has 1 fully saturated rings. The summed E-state index contributed by atoms with van der Waals surface area (Å²) in [5, 5.41) is 0. The van der Waals surface area contributed by atoms with Crippen molar-refractivity contribution in [2.24, 2.45) is 0 Å². The third-order valence-electron chi connectivity index (χ3n) is 2.73. The minimum atomic E-state index is -3.93. The van der Waals surface area contributed by atoms with Gasteiger partial charge in [-0.2, -0.15) is 8.42 Å². The van der Waals surface area contributed by atoms with Crippen LogP contribution in [0.3, 0.4) is 0 Å². The molecular formula is C11H14O4S. The quantitative estimate of drug-likeness (QED) is 0.817. The van der Waals surface area contributed by atoms with E-state index in [1.807, 2.05) is 12.1 Å². The van der Waals surface area contributed by atoms with Crippen LogP contribution in [-0.4, -0.2) is 26.2 Å². The van der Waals surface area contributed by atoms with Crippen LogP contribution in [-0.2, 0) is 20.6 Å². The van der Waals surface area contributed by atoms with Crippen LogP contribution in [0.15, 0.2) is 24.3 Å². The lowest BCUT2D eigenvalue weighted by Crippen LogP contribution is -2.02. The first-order chi connectivity index (χ1) is 7.54. The van der Waals surface area contributed by atoms with Gasteiger partial charge in [-0.05, 0) is 17.5 Å². The highest BCUT2D eigenvalue weighted by atomic mass is 32.2. The molecule has 1 aliphatic rings. The van der Waals surface area contributed by atoms with Gasteiger partial charge in [0.2, 0.25) is 0 Å². The Morgan fingerprint density at radius 1 is 1.31 bits per heavy atom. The molecule has 1 saturated heterocycles. The zero-order chi connectivity index (χ0) is 11.6. The molecule has 1 aromatic rings. The molecule has 0 aromatic heterocycles. The predicted molar refractivity (Wildman–Crippen MR) is 59.9 cm³/mol. The summed E-state index contributed by atoms with van der Waals surface area (Å²) < 4.78 is 35.3. The molecule has 1 unspecified atom stereocenters. The molecule has 16 heavy (non-hydrogen) atoms. The number of ether oxygens (including phenoxy) is 1. The van der Waals surface area contributed by atoms with E-state index in [1.165, 1.54) is 0 Å². The fourth-order valence-corrected chi connectivity index (χ4v) is 2.51. The molecular weight excluding hydrogens is 228 g/mol. The molecule has 88 valence electrons. The van der Waals surface area contributed by atoms with Gasteiger partial charge in [0.05, 0.1) is 6.61 Å². The van der Waals surface area contributed by atoms with Crippen molar-refractivity contribution in [3.8, 4) is 0 Å². The van der Waals surface area contributed by atoms with Gasteiger partial charge in [0, 0.05) is 12.5 Å². The maximum Gasteiger partial charge on any atom is 0.269 e. The van der Waals surface area contributed by atoms with E-state index in [9.17, 15) is 8.42 Å². The Kier molecular flexibility index (Phi) is 3.28. The lowest BCUT2D eigenvalue weighted by atomic mass is 9.98. The Labute approximate surface area is 95.0 Å². The molecule has 0 bridgehead atoms. The Balaban J connectivity index is 2.10. The van der Waals surface area contributed by atoms with Crippen molar-refractivity contribution < 1.29 is 17.7 Å². The van der Waals surface area contributed by atoms with E-state index in [0.717, 1.165) is 25.2 Å². The minimum Gasteiger partial charge on any atom is -0.381 e. The Bertz CT molecular complexity index is 443. The van der Waals surface area contributed by atoms with Gasteiger partial charge in [-0.1, -0.05) is 24.3 Å². The van der Waals surface area contributed by atoms with E-state index in [0.29, 0.717) is 11.5 Å². The third kappa shape index (κ3) is 3.04. The predicted octanol–water partition coefficient (Wildman–Crippen LogP) is 1.58. The van der Waals surface area contributed by atoms with Crippen molar-refractivity contribution in [2.45, 2.75) is 18.1 Å². The molecule has 0 aliphatic carbocycles. The average molecular weight is 242 g/mol. The number of benzene rings is 1. The maximum absolute atomic E-state index is 10.7. The molecule has 4 nitrogen and oxygen atoms in total. The fraction of sp³-hybridized carbons (Fsp3) is 0.455. The summed E-state index contributed by atoms with van der Waals surface area (Å²) in [4.78, 5) is 0. The molecule has 1 aromatic carbocycles. The summed E-state index contributed by atoms with van der Waals surface area (Å²) in [6.45, 7) is 1.52. The molecule has 1 aliphatic heterocycles. The first-order valence-corrected chi connectivity index (χ1v) is 6.77. The summed E-state index contributed by atoms with van der Waals surface area (Å²) in [6.07, 6.45) is 1.01. The summed E-state index contributed by atoms with van der Waals surface area (Å²) in [7, 11) is -3.93. The molecule has 5 heteroatoms. The van der Waals surface area contributed by atoms with Crippen molar-refractivity contribution in [3.63, 3.8) is 0 Å². The van der Waals surface area contributed by atoms with E-state index < -0.39 is 10.1 Å². The standard InChI is InChI=1S/C11H14O4S/c12-16(13,14)8-9-1-3-10(4-2-9)11-5-6-15-7-11/h1-4,11H,5-8H2,(H,12,13,14). The lowest BCUT2D eigenvalue weighted by molar-refractivity contribution is 0.194. The maximum atomic E-state index is 10.7. The van der Waals surface area contributed by atoms with Gasteiger partial charge in [-0.25, -0.2) is 0 Å². The van der Waals surface area contributed by atoms with Gasteiger partial charge < -0.3 is 4.74 Å². The SMILES string of the molecule is O=S(=O)(O)Cc1ccc(C2CCOC2)cc1. The largest absolute Gasteiger partial charge is 0.381 e. The first kappa shape index (κ1) is 11.6. The Hall–Kier alpha value is -0.910. The van der Waals surface area contributed by atoms with Gasteiger partial charge in [0.15, 0.2) is 0 Å². The summed E-state index contributed by atoms with van der Waals surface area (Å²) in [5.41, 5.74) is 1.77. The van der Waals surface area contributed by atoms with Crippen molar-refractivity contribution in [3.05, 3.63) is 35.4 Å². The van der Waals surface area contributed by atoms with E-state index in [2.05, 4.69) is 0 Å². The van der Waals surface area contributed by atoms with Crippen molar-refractivity contribution in [1.82, 2.24) is 0 Å². The van der Waals surface area contributed by atoms with E-state index >= 15 is 0 Å². The van der Waals surface area contributed by atoms with Crippen LogP contribution in [0.1, 0.15) is 23.5 Å². The van der Waals surface area contributed by atoms with Crippen molar-refractivity contribution in [2.75, 3.05) is 13.2 Å². The summed E-state index contributed by atoms with van der Waals surface area (Å²) >= 11 is 0. The molecule has 1 heterocycles. The second-order valence-corrected chi connectivity index (χ2v) is 5.48. The van der Waals surface area contributed by atoms with Crippen molar-refractivity contribution in [1.29, 1.82) is 0 Å². The van der Waals surface area contributed by atoms with Gasteiger partial charge in [-0.15, -0.1) is 0 Å². The number of hydrogen-bond donors (Lipinski definition) is 1. The highest BCUT2D eigenvalue weighted by molar-refractivity contribution is 7.85. The topological polar surface area (TPSA) is 63.6 Å². The fourth-order valence-electron chi connectivity index (χ4n) is 1.89. The lowest BCUT2D eigenvalue weighted by Gasteiger charge is -2.08. The van der Waals surface area contributed by atoms with E-state index in [1.54, 1.807) is 12.1 Å². The van der Waals surface area contributed by atoms with Crippen LogP contribution in [0, 0.1) is 0 Å². The molecule has 0 amide bonds. The molecule has 0 spiro atoms. The normalized spacial score (nSPS) is 21.2. The summed E-state index contributed by atoms with van der Waals surface area (Å²) in [6, 6.07) is 7.28. The van der Waals surface area contributed by atoms with Crippen LogP contribution in [0.25, 0.3) is 0 Å². The Morgan fingerprint density at radius 2 is 2.00 bits per heavy atom. The first-order valence-electron chi connectivity index (χ1n) is 5.16. The van der Waals surface area contributed by atoms with Crippen LogP contribution >= 0.6 is 0 Å². The molecule has 1 atom stereocenters. The molecule has 1 N–H and O–H groups in total. The monoisotopic (exact) mass is 242 g/mol. The van der Waals surface area contributed by atoms with Gasteiger partial charge >= 0.3 is 0 Å². The third-order valence-corrected chi connectivity index (χ3v) is 3.43. The second kappa shape index (κ2) is 4.53. The number of rotatable bonds is 3. The highest BCUT2D eigenvalue weighted by Crippen LogP contribution is 2.25. The minimum absolute atomic E-state index is 0.325. The second-order valence-electron chi connectivity index (χ2n) is 4.03. The van der Waals surface area contributed by atoms with Gasteiger partial charge in [0.1, 0.15) is 5.75 Å². The zero-order valence-corrected chi connectivity index (χ0v) is 9.61. The van der Waals surface area contributed by atoms with Crippen LogP contribution in [0.5, 0.6) is 0 Å². The van der Waals surface area contributed by atoms with E-state index in [4.69, 9.17) is 9.29 Å². The van der Waals surface area contributed by atoms with Crippen LogP contribution in [0.2, 0.25) is 0 Å². The smallest absolute Gasteiger partial charge is 0.269 e. The van der Waals surface area contributed by atoms with Gasteiger partial charge in [0.25, 0.3) is 10.1 Å². The zero-order valence-electron chi connectivity index (χ0n) is 8.80. The van der Waals surface area contributed by atoms with E-state index in [-0.39, 0.29) is 5.75 Å².